The molecule has 9 aromatic rings. The van der Waals surface area contributed by atoms with Gasteiger partial charge in [-0.25, -0.2) is 0 Å². The number of para-hydroxylation sites is 3. The van der Waals surface area contributed by atoms with E-state index in [1.807, 2.05) is 0 Å². The van der Waals surface area contributed by atoms with Gasteiger partial charge in [0.25, 0.3) is 0 Å². The summed E-state index contributed by atoms with van der Waals surface area (Å²) in [6.45, 7) is 4.72. The molecule has 0 aliphatic heterocycles. The van der Waals surface area contributed by atoms with Crippen LogP contribution in [0.25, 0.3) is 66.4 Å². The Labute approximate surface area is 329 Å². The zero-order valence-corrected chi connectivity index (χ0v) is 31.7. The zero-order chi connectivity index (χ0) is 37.6. The third-order valence-electron chi connectivity index (χ3n) is 11.7. The second kappa shape index (κ2) is 13.7. The van der Waals surface area contributed by atoms with Gasteiger partial charge in [-0.3, -0.25) is 0 Å². The quantitative estimate of drug-likeness (QED) is 0.159. The summed E-state index contributed by atoms with van der Waals surface area (Å²) in [6, 6.07) is 77.7. The van der Waals surface area contributed by atoms with E-state index in [0.717, 1.165) is 17.1 Å². The van der Waals surface area contributed by atoms with Crippen LogP contribution >= 0.6 is 0 Å². The van der Waals surface area contributed by atoms with Crippen LogP contribution < -0.4 is 4.90 Å². The van der Waals surface area contributed by atoms with Crippen molar-refractivity contribution in [3.8, 4) is 55.6 Å². The zero-order valence-electron chi connectivity index (χ0n) is 31.7. The fourth-order valence-corrected chi connectivity index (χ4v) is 9.02. The van der Waals surface area contributed by atoms with Crippen molar-refractivity contribution in [3.63, 3.8) is 0 Å². The van der Waals surface area contributed by atoms with Gasteiger partial charge >= 0.3 is 0 Å². The summed E-state index contributed by atoms with van der Waals surface area (Å²) < 4.78 is 0. The van der Waals surface area contributed by atoms with Crippen molar-refractivity contribution in [2.75, 3.05) is 4.90 Å². The fraction of sp³-hybridized carbons (Fsp3) is 0.0545. The minimum absolute atomic E-state index is 0.104. The Morgan fingerprint density at radius 1 is 0.304 bits per heavy atom. The maximum absolute atomic E-state index is 2.52. The van der Waals surface area contributed by atoms with Gasteiger partial charge in [0.2, 0.25) is 0 Å². The van der Waals surface area contributed by atoms with Crippen LogP contribution in [0.3, 0.4) is 0 Å². The summed E-state index contributed by atoms with van der Waals surface area (Å²) in [5.41, 5.74) is 18.2. The van der Waals surface area contributed by atoms with Crippen LogP contribution in [0.2, 0.25) is 0 Å². The summed E-state index contributed by atoms with van der Waals surface area (Å²) in [4.78, 5) is 2.52. The van der Waals surface area contributed by atoms with Gasteiger partial charge in [0, 0.05) is 22.1 Å². The molecular weight excluding hydrogens is 675 g/mol. The van der Waals surface area contributed by atoms with Crippen LogP contribution in [0.1, 0.15) is 25.0 Å². The summed E-state index contributed by atoms with van der Waals surface area (Å²) in [7, 11) is 0. The SMILES string of the molecule is CC1(C)c2ccccc2-c2c(-c3ccccc3N(c3ccccc3-c3ccc4ccccc4c3)c3ccccc3-c3ccccc3-c3ccccc3)cccc21. The molecule has 0 spiro atoms. The molecule has 266 valence electrons. The van der Waals surface area contributed by atoms with E-state index in [9.17, 15) is 0 Å². The first-order valence-corrected chi connectivity index (χ1v) is 19.5. The van der Waals surface area contributed by atoms with Crippen molar-refractivity contribution < 1.29 is 0 Å². The number of anilines is 3. The first-order chi connectivity index (χ1) is 27.6. The lowest BCUT2D eigenvalue weighted by atomic mass is 9.82. The molecular formula is C55H41N. The van der Waals surface area contributed by atoms with E-state index in [1.54, 1.807) is 0 Å². The predicted octanol–water partition coefficient (Wildman–Crippen LogP) is 15.3. The molecule has 9 aromatic carbocycles. The molecule has 0 amide bonds. The molecule has 0 saturated heterocycles. The van der Waals surface area contributed by atoms with Crippen LogP contribution in [-0.4, -0.2) is 0 Å². The molecule has 1 nitrogen and oxygen atoms in total. The lowest BCUT2D eigenvalue weighted by molar-refractivity contribution is 0.660. The van der Waals surface area contributed by atoms with Crippen molar-refractivity contribution in [1.82, 2.24) is 0 Å². The van der Waals surface area contributed by atoms with Gasteiger partial charge in [-0.2, -0.15) is 0 Å². The van der Waals surface area contributed by atoms with Crippen LogP contribution in [0, 0.1) is 0 Å². The molecule has 0 saturated carbocycles. The lowest BCUT2D eigenvalue weighted by Gasteiger charge is -2.32. The second-order valence-corrected chi connectivity index (χ2v) is 15.3. The smallest absolute Gasteiger partial charge is 0.0540 e. The Balaban J connectivity index is 1.26. The van der Waals surface area contributed by atoms with E-state index >= 15 is 0 Å². The minimum Gasteiger partial charge on any atom is -0.309 e. The molecule has 0 unspecified atom stereocenters. The molecule has 0 radical (unpaired) electrons. The first kappa shape index (κ1) is 33.6. The number of fused-ring (bicyclic) bond motifs is 4. The van der Waals surface area contributed by atoms with Gasteiger partial charge in [-0.1, -0.05) is 202 Å². The topological polar surface area (TPSA) is 3.24 Å². The molecule has 10 rings (SSSR count). The van der Waals surface area contributed by atoms with Gasteiger partial charge in [0.05, 0.1) is 17.1 Å². The largest absolute Gasteiger partial charge is 0.309 e. The normalized spacial score (nSPS) is 12.6. The van der Waals surface area contributed by atoms with Crippen molar-refractivity contribution in [3.05, 3.63) is 223 Å². The first-order valence-electron chi connectivity index (χ1n) is 19.5. The average molecular weight is 716 g/mol. The Morgan fingerprint density at radius 3 is 1.50 bits per heavy atom. The van der Waals surface area contributed by atoms with Gasteiger partial charge < -0.3 is 4.90 Å². The minimum atomic E-state index is -0.104. The molecule has 1 aliphatic rings. The van der Waals surface area contributed by atoms with Crippen LogP contribution in [0.4, 0.5) is 17.1 Å². The van der Waals surface area contributed by atoms with Gasteiger partial charge in [0.1, 0.15) is 0 Å². The third kappa shape index (κ3) is 5.55. The van der Waals surface area contributed by atoms with Gasteiger partial charge in [0.15, 0.2) is 0 Å². The summed E-state index contributed by atoms with van der Waals surface area (Å²) >= 11 is 0. The van der Waals surface area contributed by atoms with E-state index in [4.69, 9.17) is 0 Å². The van der Waals surface area contributed by atoms with Crippen molar-refractivity contribution in [1.29, 1.82) is 0 Å². The number of benzene rings is 9. The van der Waals surface area contributed by atoms with Gasteiger partial charge in [-0.05, 0) is 85.1 Å². The number of hydrogen-bond donors (Lipinski definition) is 0. The van der Waals surface area contributed by atoms with E-state index in [1.165, 1.54) is 77.5 Å². The van der Waals surface area contributed by atoms with Crippen LogP contribution in [-0.2, 0) is 5.41 Å². The maximum Gasteiger partial charge on any atom is 0.0540 e. The van der Waals surface area contributed by atoms with Crippen LogP contribution in [0.15, 0.2) is 212 Å². The molecule has 0 aromatic heterocycles. The molecule has 1 heteroatoms. The standard InChI is InChI=1S/C55H41N/c1-55(2)49-30-14-10-28-48(49)54-47(29-18-31-50(54)55)46-27-13-17-34-53(46)56(51-32-15-11-24-43(51)41-36-35-38-19-6-7-22-40(38)37-41)52-33-16-12-26-45(52)44-25-9-8-23-42(44)39-20-4-3-5-21-39/h3-37H,1-2H3. The Kier molecular flexibility index (Phi) is 8.23. The summed E-state index contributed by atoms with van der Waals surface area (Å²) in [6.07, 6.45) is 0. The number of hydrogen-bond acceptors (Lipinski definition) is 1. The number of nitrogens with zero attached hydrogens (tertiary/aromatic N) is 1. The average Bonchev–Trinajstić information content (AvgIpc) is 3.50. The monoisotopic (exact) mass is 715 g/mol. The maximum atomic E-state index is 2.52. The molecule has 0 bridgehead atoms. The third-order valence-corrected chi connectivity index (χ3v) is 11.7. The lowest BCUT2D eigenvalue weighted by Crippen LogP contribution is -2.15. The molecule has 0 atom stereocenters. The molecule has 1 aliphatic carbocycles. The van der Waals surface area contributed by atoms with E-state index in [0.29, 0.717) is 0 Å². The highest BCUT2D eigenvalue weighted by Gasteiger charge is 2.37. The highest BCUT2D eigenvalue weighted by molar-refractivity contribution is 6.03. The van der Waals surface area contributed by atoms with Crippen molar-refractivity contribution in [2.45, 2.75) is 19.3 Å². The van der Waals surface area contributed by atoms with E-state index in [-0.39, 0.29) is 5.41 Å². The number of rotatable bonds is 7. The second-order valence-electron chi connectivity index (χ2n) is 15.3. The van der Waals surface area contributed by atoms with Gasteiger partial charge in [-0.15, -0.1) is 0 Å². The van der Waals surface area contributed by atoms with E-state index < -0.39 is 0 Å². The van der Waals surface area contributed by atoms with Crippen molar-refractivity contribution >= 4 is 27.8 Å². The Bertz CT molecular complexity index is 2900. The van der Waals surface area contributed by atoms with Crippen molar-refractivity contribution in [2.24, 2.45) is 0 Å². The molecule has 0 fully saturated rings. The predicted molar refractivity (Wildman–Crippen MR) is 238 cm³/mol. The molecule has 0 N–H and O–H groups in total. The summed E-state index contributed by atoms with van der Waals surface area (Å²) in [5.74, 6) is 0. The Hall–Kier alpha value is -6.96. The van der Waals surface area contributed by atoms with Crippen LogP contribution in [0.5, 0.6) is 0 Å². The molecule has 56 heavy (non-hydrogen) atoms. The summed E-state index contributed by atoms with van der Waals surface area (Å²) in [5, 5.41) is 2.46. The highest BCUT2D eigenvalue weighted by Crippen LogP contribution is 2.55. The molecule has 0 heterocycles. The van der Waals surface area contributed by atoms with E-state index in [2.05, 4.69) is 231 Å². The highest BCUT2D eigenvalue weighted by atomic mass is 15.1. The Morgan fingerprint density at radius 2 is 0.786 bits per heavy atom. The fourth-order valence-electron chi connectivity index (χ4n) is 9.02.